The van der Waals surface area contributed by atoms with Gasteiger partial charge in [-0.15, -0.1) is 0 Å². The molecule has 0 bridgehead atoms. The molecule has 0 spiro atoms. The van der Waals surface area contributed by atoms with Gasteiger partial charge in [-0.3, -0.25) is 14.5 Å². The van der Waals surface area contributed by atoms with Crippen molar-refractivity contribution in [2.75, 3.05) is 29.9 Å². The number of hydrogen-bond acceptors (Lipinski definition) is 4. The SMILES string of the molecule is O=C(CN1CCSCC1C(=O)O)Nc1cccc(Br)c1. The van der Waals surface area contributed by atoms with Gasteiger partial charge < -0.3 is 10.4 Å². The Hall–Kier alpha value is -1.05. The Morgan fingerprint density at radius 2 is 2.30 bits per heavy atom. The molecule has 2 N–H and O–H groups in total. The van der Waals surface area contributed by atoms with Gasteiger partial charge in [0.25, 0.3) is 0 Å². The number of rotatable bonds is 4. The predicted molar refractivity (Wildman–Crippen MR) is 83.1 cm³/mol. The summed E-state index contributed by atoms with van der Waals surface area (Å²) in [6, 6.07) is 6.72. The Morgan fingerprint density at radius 3 is 3.00 bits per heavy atom. The van der Waals surface area contributed by atoms with Crippen LogP contribution in [0.2, 0.25) is 0 Å². The minimum Gasteiger partial charge on any atom is -0.480 e. The van der Waals surface area contributed by atoms with E-state index in [2.05, 4.69) is 21.2 Å². The highest BCUT2D eigenvalue weighted by atomic mass is 79.9. The van der Waals surface area contributed by atoms with Gasteiger partial charge >= 0.3 is 5.97 Å². The van der Waals surface area contributed by atoms with Crippen LogP contribution in [0, 0.1) is 0 Å². The van der Waals surface area contributed by atoms with Crippen LogP contribution in [0.1, 0.15) is 0 Å². The smallest absolute Gasteiger partial charge is 0.321 e. The van der Waals surface area contributed by atoms with Gasteiger partial charge in [0.1, 0.15) is 6.04 Å². The molecule has 1 aromatic rings. The van der Waals surface area contributed by atoms with Crippen molar-refractivity contribution in [3.63, 3.8) is 0 Å². The molecule has 1 aliphatic rings. The average Bonchev–Trinajstić information content (AvgIpc) is 2.38. The van der Waals surface area contributed by atoms with Crippen LogP contribution in [0.15, 0.2) is 28.7 Å². The number of carbonyl (C=O) groups is 2. The number of nitrogens with zero attached hydrogens (tertiary/aromatic N) is 1. The van der Waals surface area contributed by atoms with Crippen LogP contribution >= 0.6 is 27.7 Å². The fourth-order valence-corrected chi connectivity index (χ4v) is 3.51. The van der Waals surface area contributed by atoms with Crippen molar-refractivity contribution in [3.8, 4) is 0 Å². The molecular formula is C13H15BrN2O3S. The summed E-state index contributed by atoms with van der Waals surface area (Å²) >= 11 is 4.94. The number of anilines is 1. The summed E-state index contributed by atoms with van der Waals surface area (Å²) in [6.45, 7) is 0.720. The zero-order valence-corrected chi connectivity index (χ0v) is 13.1. The van der Waals surface area contributed by atoms with Crippen molar-refractivity contribution in [2.45, 2.75) is 6.04 Å². The van der Waals surface area contributed by atoms with Crippen molar-refractivity contribution >= 4 is 45.3 Å². The van der Waals surface area contributed by atoms with E-state index in [1.54, 1.807) is 28.8 Å². The van der Waals surface area contributed by atoms with Gasteiger partial charge in [-0.2, -0.15) is 11.8 Å². The maximum absolute atomic E-state index is 12.0. The molecule has 108 valence electrons. The molecule has 20 heavy (non-hydrogen) atoms. The summed E-state index contributed by atoms with van der Waals surface area (Å²) in [5.41, 5.74) is 0.697. The summed E-state index contributed by atoms with van der Waals surface area (Å²) < 4.78 is 0.882. The summed E-state index contributed by atoms with van der Waals surface area (Å²) in [7, 11) is 0. The average molecular weight is 359 g/mol. The highest BCUT2D eigenvalue weighted by Gasteiger charge is 2.29. The van der Waals surface area contributed by atoms with Gasteiger partial charge in [0, 0.05) is 28.2 Å². The number of benzene rings is 1. The Labute approximate surface area is 129 Å². The van der Waals surface area contributed by atoms with E-state index in [9.17, 15) is 9.59 Å². The number of thioether (sulfide) groups is 1. The number of aliphatic carboxylic acids is 1. The van der Waals surface area contributed by atoms with Gasteiger partial charge in [-0.1, -0.05) is 22.0 Å². The number of hydrogen-bond donors (Lipinski definition) is 2. The zero-order valence-electron chi connectivity index (χ0n) is 10.7. The summed E-state index contributed by atoms with van der Waals surface area (Å²) in [4.78, 5) is 24.9. The van der Waals surface area contributed by atoms with Crippen molar-refractivity contribution in [2.24, 2.45) is 0 Å². The first-order valence-electron chi connectivity index (χ1n) is 6.16. The normalized spacial score (nSPS) is 19.6. The summed E-state index contributed by atoms with van der Waals surface area (Å²) in [6.07, 6.45) is 0. The highest BCUT2D eigenvalue weighted by Crippen LogP contribution is 2.18. The third-order valence-corrected chi connectivity index (χ3v) is 4.50. The fraction of sp³-hybridized carbons (Fsp3) is 0.385. The van der Waals surface area contributed by atoms with Crippen LogP contribution in [0.3, 0.4) is 0 Å². The van der Waals surface area contributed by atoms with Crippen molar-refractivity contribution in [1.29, 1.82) is 0 Å². The van der Waals surface area contributed by atoms with E-state index >= 15 is 0 Å². The molecule has 1 heterocycles. The quantitative estimate of drug-likeness (QED) is 0.859. The third-order valence-electron chi connectivity index (χ3n) is 2.98. The molecular weight excluding hydrogens is 344 g/mol. The first-order valence-corrected chi connectivity index (χ1v) is 8.11. The molecule has 1 atom stereocenters. The topological polar surface area (TPSA) is 69.6 Å². The second-order valence-electron chi connectivity index (χ2n) is 4.46. The van der Waals surface area contributed by atoms with Gasteiger partial charge in [-0.05, 0) is 18.2 Å². The molecule has 1 amide bonds. The fourth-order valence-electron chi connectivity index (χ4n) is 2.01. The summed E-state index contributed by atoms with van der Waals surface area (Å²) in [5, 5.41) is 11.9. The molecule has 2 rings (SSSR count). The number of amides is 1. The van der Waals surface area contributed by atoms with Gasteiger partial charge in [0.15, 0.2) is 0 Å². The molecule has 7 heteroatoms. The van der Waals surface area contributed by atoms with E-state index in [4.69, 9.17) is 5.11 Å². The maximum Gasteiger partial charge on any atom is 0.321 e. The van der Waals surface area contributed by atoms with E-state index in [-0.39, 0.29) is 12.5 Å². The highest BCUT2D eigenvalue weighted by molar-refractivity contribution is 9.10. The Kier molecular flexibility index (Phi) is 5.45. The number of carboxylic acid groups (broad SMARTS) is 1. The lowest BCUT2D eigenvalue weighted by Gasteiger charge is -2.31. The van der Waals surface area contributed by atoms with Crippen LogP contribution in [-0.4, -0.2) is 52.5 Å². The molecule has 0 aromatic heterocycles. The summed E-state index contributed by atoms with van der Waals surface area (Å²) in [5.74, 6) is 0.321. The van der Waals surface area contributed by atoms with Gasteiger partial charge in [-0.25, -0.2) is 0 Å². The molecule has 1 aromatic carbocycles. The zero-order chi connectivity index (χ0) is 14.5. The maximum atomic E-state index is 12.0. The lowest BCUT2D eigenvalue weighted by Crippen LogP contribution is -2.50. The van der Waals surface area contributed by atoms with E-state index in [0.717, 1.165) is 10.2 Å². The molecule has 1 unspecified atom stereocenters. The number of carbonyl (C=O) groups excluding carboxylic acids is 1. The van der Waals surface area contributed by atoms with E-state index in [1.165, 1.54) is 0 Å². The first kappa shape index (κ1) is 15.3. The Balaban J connectivity index is 1.94. The van der Waals surface area contributed by atoms with Gasteiger partial charge in [0.2, 0.25) is 5.91 Å². The molecule has 5 nitrogen and oxygen atoms in total. The largest absolute Gasteiger partial charge is 0.480 e. The third kappa shape index (κ3) is 4.22. The lowest BCUT2D eigenvalue weighted by molar-refractivity contribution is -0.142. The first-order chi connectivity index (χ1) is 9.56. The molecule has 0 saturated carbocycles. The molecule has 0 radical (unpaired) electrons. The monoisotopic (exact) mass is 358 g/mol. The minimum atomic E-state index is -0.868. The van der Waals surface area contributed by atoms with Crippen LogP contribution < -0.4 is 5.32 Å². The van der Waals surface area contributed by atoms with Crippen LogP contribution in [-0.2, 0) is 9.59 Å². The van der Waals surface area contributed by atoms with Gasteiger partial charge in [0.05, 0.1) is 6.54 Å². The standard InChI is InChI=1S/C13H15BrN2O3S/c14-9-2-1-3-10(6-9)15-12(17)7-16-4-5-20-8-11(16)13(18)19/h1-3,6,11H,4-5,7-8H2,(H,15,17)(H,18,19). The number of carboxylic acids is 1. The van der Waals surface area contributed by atoms with Crippen molar-refractivity contribution < 1.29 is 14.7 Å². The Bertz CT molecular complexity index is 512. The molecule has 0 aliphatic carbocycles. The van der Waals surface area contributed by atoms with Crippen LogP contribution in [0.5, 0.6) is 0 Å². The predicted octanol–water partition coefficient (Wildman–Crippen LogP) is 1.89. The second kappa shape index (κ2) is 7.10. The van der Waals surface area contributed by atoms with Crippen molar-refractivity contribution in [1.82, 2.24) is 4.90 Å². The second-order valence-corrected chi connectivity index (χ2v) is 6.52. The van der Waals surface area contributed by atoms with E-state index in [1.807, 2.05) is 12.1 Å². The van der Waals surface area contributed by atoms with Crippen LogP contribution in [0.4, 0.5) is 5.69 Å². The minimum absolute atomic E-state index is 0.101. The molecule has 1 fully saturated rings. The number of halogens is 1. The molecule has 1 aliphatic heterocycles. The van der Waals surface area contributed by atoms with Crippen molar-refractivity contribution in [3.05, 3.63) is 28.7 Å². The number of nitrogens with one attached hydrogen (secondary N) is 1. The van der Waals surface area contributed by atoms with Crippen LogP contribution in [0.25, 0.3) is 0 Å². The molecule has 1 saturated heterocycles. The lowest BCUT2D eigenvalue weighted by atomic mass is 10.2. The van der Waals surface area contributed by atoms with E-state index < -0.39 is 12.0 Å². The van der Waals surface area contributed by atoms with E-state index in [0.29, 0.717) is 18.0 Å². The Morgan fingerprint density at radius 1 is 1.50 bits per heavy atom.